The summed E-state index contributed by atoms with van der Waals surface area (Å²) in [5.41, 5.74) is 1.09. The van der Waals surface area contributed by atoms with Crippen molar-refractivity contribution in [1.82, 2.24) is 25.4 Å². The van der Waals surface area contributed by atoms with Gasteiger partial charge in [-0.3, -0.25) is 0 Å². The Kier molecular flexibility index (Phi) is 8.44. The van der Waals surface area contributed by atoms with Gasteiger partial charge in [-0.15, -0.1) is 35.3 Å². The molecule has 0 atom stereocenters. The Labute approximate surface area is 187 Å². The van der Waals surface area contributed by atoms with Crippen molar-refractivity contribution in [2.45, 2.75) is 26.2 Å². The Morgan fingerprint density at radius 1 is 1.21 bits per heavy atom. The van der Waals surface area contributed by atoms with Crippen molar-refractivity contribution in [3.8, 4) is 5.69 Å². The molecule has 0 aliphatic carbocycles. The summed E-state index contributed by atoms with van der Waals surface area (Å²) in [6.07, 6.45) is -0.842. The Hall–Kier alpha value is -2.15. The normalized spacial score (nSPS) is 11.8. The summed E-state index contributed by atoms with van der Waals surface area (Å²) in [6, 6.07) is 9.67. The maximum absolute atomic E-state index is 12.6. The fourth-order valence-corrected chi connectivity index (χ4v) is 3.11. The zero-order chi connectivity index (χ0) is 20.0. The van der Waals surface area contributed by atoms with E-state index < -0.39 is 11.9 Å². The van der Waals surface area contributed by atoms with Crippen molar-refractivity contribution < 1.29 is 13.2 Å². The molecule has 11 heteroatoms. The molecular formula is C18H20F3IN6S. The number of alkyl halides is 3. The summed E-state index contributed by atoms with van der Waals surface area (Å²) < 4.78 is 39.7. The van der Waals surface area contributed by atoms with Gasteiger partial charge in [-0.2, -0.15) is 18.3 Å². The Balaban J connectivity index is 0.00000300. The van der Waals surface area contributed by atoms with Crippen LogP contribution in [-0.4, -0.2) is 27.3 Å². The van der Waals surface area contributed by atoms with E-state index in [0.29, 0.717) is 24.1 Å². The molecule has 29 heavy (non-hydrogen) atoms. The fourth-order valence-electron chi connectivity index (χ4n) is 2.37. The molecule has 0 aliphatic rings. The van der Waals surface area contributed by atoms with E-state index in [1.165, 1.54) is 0 Å². The van der Waals surface area contributed by atoms with Crippen LogP contribution in [0.5, 0.6) is 0 Å². The van der Waals surface area contributed by atoms with Crippen molar-refractivity contribution in [3.05, 3.63) is 64.4 Å². The molecule has 156 valence electrons. The maximum Gasteiger partial charge on any atom is 0.434 e. The molecule has 0 fully saturated rings. The lowest BCUT2D eigenvalue weighted by atomic mass is 10.2. The highest BCUT2D eigenvalue weighted by molar-refractivity contribution is 14.0. The molecule has 0 saturated heterocycles. The van der Waals surface area contributed by atoms with E-state index in [1.807, 2.05) is 43.5 Å². The molecule has 2 N–H and O–H groups in total. The lowest BCUT2D eigenvalue weighted by Gasteiger charge is -2.10. The summed E-state index contributed by atoms with van der Waals surface area (Å²) in [5, 5.41) is 11.6. The third kappa shape index (κ3) is 6.70. The zero-order valence-corrected chi connectivity index (χ0v) is 18.6. The number of nitrogens with one attached hydrogen (secondary N) is 2. The lowest BCUT2D eigenvalue weighted by Crippen LogP contribution is -2.36. The molecule has 2 aromatic heterocycles. The van der Waals surface area contributed by atoms with Crippen molar-refractivity contribution >= 4 is 41.3 Å². The van der Waals surface area contributed by atoms with Crippen LogP contribution >= 0.6 is 35.3 Å². The first-order valence-electron chi connectivity index (χ1n) is 8.58. The first-order chi connectivity index (χ1) is 13.5. The third-order valence-electron chi connectivity index (χ3n) is 3.72. The van der Waals surface area contributed by atoms with Crippen LogP contribution in [0.1, 0.15) is 23.2 Å². The van der Waals surface area contributed by atoms with Crippen molar-refractivity contribution in [1.29, 1.82) is 0 Å². The highest BCUT2D eigenvalue weighted by Crippen LogP contribution is 2.29. The molecule has 3 rings (SSSR count). The van der Waals surface area contributed by atoms with Crippen LogP contribution in [0.4, 0.5) is 13.2 Å². The van der Waals surface area contributed by atoms with E-state index >= 15 is 0 Å². The molecule has 6 nitrogen and oxygen atoms in total. The summed E-state index contributed by atoms with van der Waals surface area (Å²) >= 11 is 0.967. The molecule has 1 aromatic carbocycles. The first-order valence-corrected chi connectivity index (χ1v) is 9.46. The average Bonchev–Trinajstić information content (AvgIpc) is 3.36. The van der Waals surface area contributed by atoms with E-state index in [4.69, 9.17) is 0 Å². The maximum atomic E-state index is 12.6. The van der Waals surface area contributed by atoms with Gasteiger partial charge in [0.25, 0.3) is 0 Å². The molecule has 0 aliphatic heterocycles. The van der Waals surface area contributed by atoms with Crippen LogP contribution in [-0.2, 0) is 19.3 Å². The molecule has 0 bridgehead atoms. The minimum atomic E-state index is -4.42. The molecule has 0 saturated carbocycles. The van der Waals surface area contributed by atoms with Gasteiger partial charge in [-0.1, -0.05) is 12.1 Å². The van der Waals surface area contributed by atoms with Gasteiger partial charge < -0.3 is 10.6 Å². The smallest absolute Gasteiger partial charge is 0.357 e. The molecule has 0 spiro atoms. The molecule has 3 aromatic rings. The largest absolute Gasteiger partial charge is 0.434 e. The van der Waals surface area contributed by atoms with Crippen molar-refractivity contribution in [3.63, 3.8) is 0 Å². The molecule has 0 radical (unpaired) electrons. The van der Waals surface area contributed by atoms with Gasteiger partial charge in [0.2, 0.25) is 0 Å². The number of rotatable bonds is 6. The number of guanidine groups is 1. The van der Waals surface area contributed by atoms with Crippen LogP contribution in [0, 0.1) is 0 Å². The summed E-state index contributed by atoms with van der Waals surface area (Å²) in [7, 11) is 0. The molecule has 2 heterocycles. The Morgan fingerprint density at radius 3 is 2.55 bits per heavy atom. The molecular weight excluding hydrogens is 516 g/mol. The summed E-state index contributed by atoms with van der Waals surface area (Å²) in [6.45, 7) is 3.15. The van der Waals surface area contributed by atoms with E-state index in [0.717, 1.165) is 28.0 Å². The number of thiazole rings is 1. The van der Waals surface area contributed by atoms with Gasteiger partial charge in [0.05, 0.1) is 18.8 Å². The average molecular weight is 536 g/mol. The van der Waals surface area contributed by atoms with Gasteiger partial charge in [0.1, 0.15) is 5.01 Å². The SMILES string of the molecule is CCNC(=NCc1ccc(-n2cccn2)cc1)NCc1nc(C(F)(F)F)cs1.I. The van der Waals surface area contributed by atoms with Gasteiger partial charge in [0.15, 0.2) is 11.7 Å². The van der Waals surface area contributed by atoms with Crippen LogP contribution in [0.3, 0.4) is 0 Å². The van der Waals surface area contributed by atoms with Gasteiger partial charge in [0, 0.05) is 24.3 Å². The standard InChI is InChI=1S/C18H19F3N6S.HI/c1-2-22-17(24-11-16-26-15(12-28-16)18(19,20)21)23-10-13-4-6-14(7-5-13)27-9-3-8-25-27;/h3-9,12H,2,10-11H2,1H3,(H2,22,23,24);1H. The Morgan fingerprint density at radius 2 is 1.97 bits per heavy atom. The van der Waals surface area contributed by atoms with Crippen LogP contribution in [0.2, 0.25) is 0 Å². The van der Waals surface area contributed by atoms with E-state index in [-0.39, 0.29) is 30.5 Å². The highest BCUT2D eigenvalue weighted by Gasteiger charge is 2.33. The van der Waals surface area contributed by atoms with Crippen molar-refractivity contribution in [2.24, 2.45) is 4.99 Å². The van der Waals surface area contributed by atoms with E-state index in [1.54, 1.807) is 10.9 Å². The predicted molar refractivity (Wildman–Crippen MR) is 118 cm³/mol. The lowest BCUT2D eigenvalue weighted by molar-refractivity contribution is -0.140. The second-order valence-electron chi connectivity index (χ2n) is 5.79. The number of nitrogens with zero attached hydrogens (tertiary/aromatic N) is 4. The van der Waals surface area contributed by atoms with Crippen LogP contribution < -0.4 is 10.6 Å². The van der Waals surface area contributed by atoms with Crippen LogP contribution in [0.15, 0.2) is 53.1 Å². The fraction of sp³-hybridized carbons (Fsp3) is 0.278. The second-order valence-corrected chi connectivity index (χ2v) is 6.73. The first kappa shape index (κ1) is 23.1. The number of hydrogen-bond acceptors (Lipinski definition) is 4. The van der Waals surface area contributed by atoms with Gasteiger partial charge in [-0.25, -0.2) is 14.7 Å². The number of benzene rings is 1. The monoisotopic (exact) mass is 536 g/mol. The minimum Gasteiger partial charge on any atom is -0.357 e. The molecule has 0 unspecified atom stereocenters. The number of aromatic nitrogens is 3. The highest BCUT2D eigenvalue weighted by atomic mass is 127. The topological polar surface area (TPSA) is 67.1 Å². The Bertz CT molecular complexity index is 907. The van der Waals surface area contributed by atoms with Gasteiger partial charge in [-0.05, 0) is 30.7 Å². The van der Waals surface area contributed by atoms with E-state index in [9.17, 15) is 13.2 Å². The van der Waals surface area contributed by atoms with E-state index in [2.05, 4.69) is 25.7 Å². The summed E-state index contributed by atoms with van der Waals surface area (Å²) in [4.78, 5) is 8.08. The minimum absolute atomic E-state index is 0. The quantitative estimate of drug-likeness (QED) is 0.282. The van der Waals surface area contributed by atoms with Gasteiger partial charge >= 0.3 is 6.18 Å². The summed E-state index contributed by atoms with van der Waals surface area (Å²) in [5.74, 6) is 0.516. The number of hydrogen-bond donors (Lipinski definition) is 2. The second kappa shape index (κ2) is 10.6. The third-order valence-corrected chi connectivity index (χ3v) is 4.57. The van der Waals surface area contributed by atoms with Crippen molar-refractivity contribution in [2.75, 3.05) is 6.54 Å². The number of halogens is 4. The van der Waals surface area contributed by atoms with Crippen LogP contribution in [0.25, 0.3) is 5.69 Å². The predicted octanol–water partition coefficient (Wildman–Crippen LogP) is 4.22. The molecule has 0 amide bonds. The zero-order valence-electron chi connectivity index (χ0n) is 15.5. The number of aliphatic imine (C=N–C) groups is 1.